The molecule has 0 unspecified atom stereocenters. The van der Waals surface area contributed by atoms with Crippen LogP contribution in [0.25, 0.3) is 0 Å². The zero-order valence-corrected chi connectivity index (χ0v) is 17.7. The van der Waals surface area contributed by atoms with E-state index >= 15 is 0 Å². The molecule has 5 rings (SSSR count). The largest absolute Gasteiger partial charge is 0.469 e. The summed E-state index contributed by atoms with van der Waals surface area (Å²) in [6.07, 6.45) is 7.57. The van der Waals surface area contributed by atoms with Gasteiger partial charge in [-0.15, -0.1) is 0 Å². The molecule has 1 N–H and O–H groups in total. The summed E-state index contributed by atoms with van der Waals surface area (Å²) in [6.45, 7) is 4.17. The number of likely N-dealkylation sites (tertiary alicyclic amines) is 1. The second-order valence-corrected chi connectivity index (χ2v) is 9.40. The van der Waals surface area contributed by atoms with Crippen LogP contribution in [0.2, 0.25) is 0 Å². The normalized spacial score (nSPS) is 22.2. The lowest BCUT2D eigenvalue weighted by Gasteiger charge is -2.40. The predicted molar refractivity (Wildman–Crippen MR) is 114 cm³/mol. The number of aryl methyl sites for hydroxylation is 1. The number of nitrogens with zero attached hydrogens (tertiary/aromatic N) is 1. The zero-order valence-electron chi connectivity index (χ0n) is 17.7. The van der Waals surface area contributed by atoms with Crippen LogP contribution in [-0.4, -0.2) is 36.3 Å². The van der Waals surface area contributed by atoms with Crippen LogP contribution < -0.4 is 5.32 Å². The Kier molecular flexibility index (Phi) is 4.92. The summed E-state index contributed by atoms with van der Waals surface area (Å²) in [6, 6.07) is 10.4. The first kappa shape index (κ1) is 19.4. The van der Waals surface area contributed by atoms with Crippen molar-refractivity contribution in [1.82, 2.24) is 10.2 Å². The maximum atomic E-state index is 12.9. The van der Waals surface area contributed by atoms with Crippen LogP contribution in [0.5, 0.6) is 0 Å². The first-order valence-corrected chi connectivity index (χ1v) is 11.3. The third-order valence-electron chi connectivity index (χ3n) is 7.42. The second kappa shape index (κ2) is 7.60. The Morgan fingerprint density at radius 1 is 1.17 bits per heavy atom. The van der Waals surface area contributed by atoms with Crippen LogP contribution in [0.3, 0.4) is 0 Å². The molecule has 1 saturated carbocycles. The van der Waals surface area contributed by atoms with Gasteiger partial charge in [-0.25, -0.2) is 0 Å². The summed E-state index contributed by atoms with van der Waals surface area (Å²) in [5.41, 5.74) is 3.49. The molecule has 2 amide bonds. The predicted octanol–water partition coefficient (Wildman–Crippen LogP) is 4.17. The summed E-state index contributed by atoms with van der Waals surface area (Å²) in [7, 11) is 0. The lowest BCUT2D eigenvalue weighted by Crippen LogP contribution is -2.44. The topological polar surface area (TPSA) is 62.6 Å². The Morgan fingerprint density at radius 2 is 1.93 bits per heavy atom. The SMILES string of the molecule is Cc1occc1C(=O)N1CCC2(CC1)C[C@H](CC(=O)NCC1CC1)c1ccccc12. The third-order valence-corrected chi connectivity index (χ3v) is 7.42. The Labute approximate surface area is 177 Å². The van der Waals surface area contributed by atoms with Crippen molar-refractivity contribution in [2.75, 3.05) is 19.6 Å². The maximum Gasteiger partial charge on any atom is 0.257 e. The molecule has 2 aliphatic carbocycles. The number of fused-ring (bicyclic) bond motifs is 2. The molecule has 2 fully saturated rings. The van der Waals surface area contributed by atoms with Gasteiger partial charge in [-0.3, -0.25) is 9.59 Å². The molecule has 1 aliphatic heterocycles. The zero-order chi connectivity index (χ0) is 20.7. The van der Waals surface area contributed by atoms with Crippen LogP contribution in [0.15, 0.2) is 41.0 Å². The van der Waals surface area contributed by atoms with Crippen LogP contribution in [0.4, 0.5) is 0 Å². The van der Waals surface area contributed by atoms with E-state index in [1.807, 2.05) is 11.8 Å². The number of benzene rings is 1. The highest BCUT2D eigenvalue weighted by Gasteiger charge is 2.46. The minimum absolute atomic E-state index is 0.0679. The van der Waals surface area contributed by atoms with Gasteiger partial charge in [0, 0.05) is 26.1 Å². The van der Waals surface area contributed by atoms with Gasteiger partial charge in [-0.1, -0.05) is 24.3 Å². The fourth-order valence-corrected chi connectivity index (χ4v) is 5.47. The number of carbonyl (C=O) groups is 2. The molecule has 0 radical (unpaired) electrons. The molecule has 1 aromatic heterocycles. The van der Waals surface area contributed by atoms with E-state index in [4.69, 9.17) is 4.42 Å². The number of piperidine rings is 1. The van der Waals surface area contributed by atoms with E-state index in [1.54, 1.807) is 12.3 Å². The molecule has 158 valence electrons. The van der Waals surface area contributed by atoms with Gasteiger partial charge in [-0.2, -0.15) is 0 Å². The molecule has 2 heterocycles. The highest BCUT2D eigenvalue weighted by Crippen LogP contribution is 2.52. The summed E-state index contributed by atoms with van der Waals surface area (Å²) in [5, 5.41) is 3.14. The van der Waals surface area contributed by atoms with Gasteiger partial charge in [0.05, 0.1) is 11.8 Å². The number of furan rings is 1. The maximum absolute atomic E-state index is 12.9. The van der Waals surface area contributed by atoms with Crippen LogP contribution >= 0.6 is 0 Å². The highest BCUT2D eigenvalue weighted by molar-refractivity contribution is 5.95. The average molecular weight is 407 g/mol. The molecule has 0 bridgehead atoms. The van der Waals surface area contributed by atoms with Crippen molar-refractivity contribution in [3.05, 3.63) is 59.0 Å². The van der Waals surface area contributed by atoms with E-state index < -0.39 is 0 Å². The van der Waals surface area contributed by atoms with E-state index in [1.165, 1.54) is 24.0 Å². The van der Waals surface area contributed by atoms with Crippen molar-refractivity contribution < 1.29 is 14.0 Å². The smallest absolute Gasteiger partial charge is 0.257 e. The van der Waals surface area contributed by atoms with Crippen molar-refractivity contribution >= 4 is 11.8 Å². The van der Waals surface area contributed by atoms with Crippen molar-refractivity contribution in [2.24, 2.45) is 5.92 Å². The van der Waals surface area contributed by atoms with Gasteiger partial charge in [-0.05, 0) is 73.5 Å². The first-order valence-electron chi connectivity index (χ1n) is 11.3. The quantitative estimate of drug-likeness (QED) is 0.811. The first-order chi connectivity index (χ1) is 14.6. The Morgan fingerprint density at radius 3 is 2.63 bits per heavy atom. The number of carbonyl (C=O) groups excluding carboxylic acids is 2. The minimum atomic E-state index is 0.0679. The molecular formula is C25H30N2O3. The molecule has 5 heteroatoms. The fourth-order valence-electron chi connectivity index (χ4n) is 5.47. The third kappa shape index (κ3) is 3.55. The number of amides is 2. The number of hydrogen-bond donors (Lipinski definition) is 1. The van der Waals surface area contributed by atoms with E-state index in [9.17, 15) is 9.59 Å². The summed E-state index contributed by atoms with van der Waals surface area (Å²) in [4.78, 5) is 27.4. The van der Waals surface area contributed by atoms with E-state index in [0.29, 0.717) is 23.7 Å². The molecule has 1 atom stereocenters. The van der Waals surface area contributed by atoms with Gasteiger partial charge < -0.3 is 14.6 Å². The van der Waals surface area contributed by atoms with Gasteiger partial charge in [0.1, 0.15) is 5.76 Å². The molecule has 5 nitrogen and oxygen atoms in total. The molecule has 1 aromatic carbocycles. The number of nitrogens with one attached hydrogen (secondary N) is 1. The van der Waals surface area contributed by atoms with Gasteiger partial charge in [0.15, 0.2) is 0 Å². The summed E-state index contributed by atoms with van der Waals surface area (Å²) >= 11 is 0. The summed E-state index contributed by atoms with van der Waals surface area (Å²) in [5.74, 6) is 1.92. The van der Waals surface area contributed by atoms with E-state index in [0.717, 1.165) is 38.9 Å². The molecule has 2 aromatic rings. The molecule has 30 heavy (non-hydrogen) atoms. The molecule has 3 aliphatic rings. The highest BCUT2D eigenvalue weighted by atomic mass is 16.3. The van der Waals surface area contributed by atoms with Gasteiger partial charge in [0.2, 0.25) is 5.91 Å². The van der Waals surface area contributed by atoms with Gasteiger partial charge in [0.25, 0.3) is 5.91 Å². The fraction of sp³-hybridized carbons (Fsp3) is 0.520. The van der Waals surface area contributed by atoms with Crippen molar-refractivity contribution in [3.8, 4) is 0 Å². The molecule has 1 spiro atoms. The Hall–Kier alpha value is -2.56. The molecule has 1 saturated heterocycles. The Balaban J connectivity index is 1.28. The Bertz CT molecular complexity index is 951. The second-order valence-electron chi connectivity index (χ2n) is 9.40. The van der Waals surface area contributed by atoms with E-state index in [2.05, 4.69) is 29.6 Å². The average Bonchev–Trinajstić information content (AvgIpc) is 3.43. The van der Waals surface area contributed by atoms with Crippen molar-refractivity contribution in [2.45, 2.75) is 56.8 Å². The summed E-state index contributed by atoms with van der Waals surface area (Å²) < 4.78 is 5.32. The standard InChI is InChI=1S/C25H30N2O3/c1-17-20(8-13-30-17)24(29)27-11-9-25(10-12-27)15-19(21-4-2-3-5-22(21)25)14-23(28)26-16-18-6-7-18/h2-5,8,13,18-19H,6-7,9-12,14-16H2,1H3,(H,26,28)/t19-/m0/s1. The minimum Gasteiger partial charge on any atom is -0.469 e. The van der Waals surface area contributed by atoms with Crippen LogP contribution in [-0.2, 0) is 10.2 Å². The monoisotopic (exact) mass is 406 g/mol. The van der Waals surface area contributed by atoms with Crippen molar-refractivity contribution in [3.63, 3.8) is 0 Å². The van der Waals surface area contributed by atoms with Gasteiger partial charge >= 0.3 is 0 Å². The number of hydrogen-bond acceptors (Lipinski definition) is 3. The van der Waals surface area contributed by atoms with E-state index in [-0.39, 0.29) is 23.1 Å². The molecular weight excluding hydrogens is 376 g/mol. The lowest BCUT2D eigenvalue weighted by atomic mass is 9.73. The van der Waals surface area contributed by atoms with Crippen molar-refractivity contribution in [1.29, 1.82) is 0 Å². The van der Waals surface area contributed by atoms with Crippen LogP contribution in [0.1, 0.15) is 71.7 Å². The number of rotatable bonds is 5. The van der Waals surface area contributed by atoms with Crippen LogP contribution in [0, 0.1) is 12.8 Å². The lowest BCUT2D eigenvalue weighted by molar-refractivity contribution is -0.121.